The molecule has 3 heterocycles. The summed E-state index contributed by atoms with van der Waals surface area (Å²) >= 11 is 1.69. The van der Waals surface area contributed by atoms with Crippen molar-refractivity contribution in [2.24, 2.45) is 0 Å². The lowest BCUT2D eigenvalue weighted by atomic mass is 9.98. The molecule has 1 aromatic heterocycles. The molecule has 17 heavy (non-hydrogen) atoms. The zero-order valence-corrected chi connectivity index (χ0v) is 11.2. The highest BCUT2D eigenvalue weighted by atomic mass is 32.1. The summed E-state index contributed by atoms with van der Waals surface area (Å²) in [6, 6.07) is 2.42. The van der Waals surface area contributed by atoms with Crippen molar-refractivity contribution >= 4 is 11.3 Å². The number of thiazole rings is 1. The Morgan fingerprint density at radius 1 is 1.41 bits per heavy atom. The first-order chi connectivity index (χ1) is 8.33. The van der Waals surface area contributed by atoms with Crippen molar-refractivity contribution in [3.8, 4) is 0 Å². The summed E-state index contributed by atoms with van der Waals surface area (Å²) in [4.78, 5) is 6.92. The highest BCUT2D eigenvalue weighted by molar-refractivity contribution is 7.07. The van der Waals surface area contributed by atoms with Gasteiger partial charge in [0.15, 0.2) is 0 Å². The molecule has 3 nitrogen and oxygen atoms in total. The van der Waals surface area contributed by atoms with Crippen LogP contribution in [-0.4, -0.2) is 41.6 Å². The smallest absolute Gasteiger partial charge is 0.0794 e. The van der Waals surface area contributed by atoms with Gasteiger partial charge in [0.2, 0.25) is 0 Å². The highest BCUT2D eigenvalue weighted by Crippen LogP contribution is 2.34. The molecule has 2 atom stereocenters. The third kappa shape index (κ3) is 2.54. The van der Waals surface area contributed by atoms with Crippen LogP contribution in [0.15, 0.2) is 10.9 Å². The minimum atomic E-state index is 0.738. The van der Waals surface area contributed by atoms with Gasteiger partial charge < -0.3 is 10.2 Å². The first-order valence-corrected chi connectivity index (χ1v) is 7.59. The Labute approximate surface area is 107 Å². The van der Waals surface area contributed by atoms with Gasteiger partial charge in [0.25, 0.3) is 0 Å². The zero-order valence-electron chi connectivity index (χ0n) is 10.4. The molecule has 2 aliphatic rings. The van der Waals surface area contributed by atoms with Crippen LogP contribution in [0.5, 0.6) is 0 Å². The van der Waals surface area contributed by atoms with Crippen molar-refractivity contribution in [2.75, 3.05) is 13.6 Å². The monoisotopic (exact) mass is 251 g/mol. The molecule has 3 rings (SSSR count). The first kappa shape index (κ1) is 11.6. The average molecular weight is 251 g/mol. The molecule has 2 aliphatic heterocycles. The largest absolute Gasteiger partial charge is 0.313 e. The van der Waals surface area contributed by atoms with Crippen LogP contribution < -0.4 is 5.32 Å². The van der Waals surface area contributed by atoms with E-state index in [2.05, 4.69) is 27.6 Å². The second-order valence-corrected chi connectivity index (χ2v) is 6.12. The lowest BCUT2D eigenvalue weighted by Crippen LogP contribution is -2.47. The lowest BCUT2D eigenvalue weighted by molar-refractivity contribution is 0.149. The molecule has 1 N–H and O–H groups in total. The van der Waals surface area contributed by atoms with Crippen LogP contribution in [0.25, 0.3) is 0 Å². The lowest BCUT2D eigenvalue weighted by Gasteiger charge is -2.36. The predicted octanol–water partition coefficient (Wildman–Crippen LogP) is 1.90. The maximum absolute atomic E-state index is 4.32. The van der Waals surface area contributed by atoms with Gasteiger partial charge in [0.1, 0.15) is 0 Å². The molecule has 0 radical (unpaired) electrons. The Balaban J connectivity index is 1.44. The van der Waals surface area contributed by atoms with Gasteiger partial charge in [-0.1, -0.05) is 0 Å². The maximum Gasteiger partial charge on any atom is 0.0794 e. The molecule has 0 amide bonds. The SMILES string of the molecule is CN1C2CCC1CC(NCCc1cscn1)C2. The Bertz CT molecular complexity index is 338. The van der Waals surface area contributed by atoms with E-state index in [4.69, 9.17) is 0 Å². The van der Waals surface area contributed by atoms with Gasteiger partial charge >= 0.3 is 0 Å². The van der Waals surface area contributed by atoms with Crippen LogP contribution in [0.2, 0.25) is 0 Å². The summed E-state index contributed by atoms with van der Waals surface area (Å²) in [5, 5.41) is 5.87. The topological polar surface area (TPSA) is 28.2 Å². The molecule has 2 fully saturated rings. The second kappa shape index (κ2) is 5.04. The van der Waals surface area contributed by atoms with E-state index in [9.17, 15) is 0 Å². The van der Waals surface area contributed by atoms with Crippen LogP contribution in [0, 0.1) is 0 Å². The zero-order chi connectivity index (χ0) is 11.7. The maximum atomic E-state index is 4.32. The summed E-state index contributed by atoms with van der Waals surface area (Å²) in [5.74, 6) is 0. The van der Waals surface area contributed by atoms with Crippen LogP contribution in [0.3, 0.4) is 0 Å². The number of fused-ring (bicyclic) bond motifs is 2. The summed E-state index contributed by atoms with van der Waals surface area (Å²) in [5.41, 5.74) is 3.16. The molecule has 2 saturated heterocycles. The fraction of sp³-hybridized carbons (Fsp3) is 0.769. The van der Waals surface area contributed by atoms with Gasteiger partial charge in [-0.2, -0.15) is 0 Å². The van der Waals surface area contributed by atoms with Crippen LogP contribution in [-0.2, 0) is 6.42 Å². The Hall–Kier alpha value is -0.450. The van der Waals surface area contributed by atoms with E-state index in [0.717, 1.165) is 31.1 Å². The van der Waals surface area contributed by atoms with Crippen molar-refractivity contribution < 1.29 is 0 Å². The van der Waals surface area contributed by atoms with E-state index in [1.54, 1.807) is 11.3 Å². The number of piperidine rings is 1. The van der Waals surface area contributed by atoms with Crippen molar-refractivity contribution in [3.63, 3.8) is 0 Å². The highest BCUT2D eigenvalue weighted by Gasteiger charge is 2.37. The third-order valence-electron chi connectivity index (χ3n) is 4.40. The van der Waals surface area contributed by atoms with Crippen molar-refractivity contribution in [1.29, 1.82) is 0 Å². The van der Waals surface area contributed by atoms with E-state index in [1.807, 2.05) is 5.51 Å². The molecule has 94 valence electrons. The van der Waals surface area contributed by atoms with Crippen molar-refractivity contribution in [3.05, 3.63) is 16.6 Å². The van der Waals surface area contributed by atoms with E-state index in [-0.39, 0.29) is 0 Å². The minimum Gasteiger partial charge on any atom is -0.313 e. The van der Waals surface area contributed by atoms with Gasteiger partial charge in [0, 0.05) is 36.5 Å². The summed E-state index contributed by atoms with van der Waals surface area (Å²) in [7, 11) is 2.30. The third-order valence-corrected chi connectivity index (χ3v) is 5.03. The van der Waals surface area contributed by atoms with Gasteiger partial charge in [-0.15, -0.1) is 11.3 Å². The van der Waals surface area contributed by atoms with Crippen molar-refractivity contribution in [1.82, 2.24) is 15.2 Å². The van der Waals surface area contributed by atoms with E-state index < -0.39 is 0 Å². The fourth-order valence-electron chi connectivity index (χ4n) is 3.34. The molecule has 0 aromatic carbocycles. The predicted molar refractivity (Wildman–Crippen MR) is 71.4 cm³/mol. The summed E-state index contributed by atoms with van der Waals surface area (Å²) in [6.07, 6.45) is 6.57. The first-order valence-electron chi connectivity index (χ1n) is 6.65. The Morgan fingerprint density at radius 2 is 2.18 bits per heavy atom. The second-order valence-electron chi connectivity index (χ2n) is 5.40. The normalized spacial score (nSPS) is 33.1. The molecular formula is C13H21N3S. The summed E-state index contributed by atoms with van der Waals surface area (Å²) in [6.45, 7) is 1.08. The molecule has 0 spiro atoms. The molecule has 0 saturated carbocycles. The number of hydrogen-bond acceptors (Lipinski definition) is 4. The van der Waals surface area contributed by atoms with E-state index in [1.165, 1.54) is 31.4 Å². The molecule has 2 unspecified atom stereocenters. The van der Waals surface area contributed by atoms with E-state index in [0.29, 0.717) is 0 Å². The van der Waals surface area contributed by atoms with Gasteiger partial charge in [-0.25, -0.2) is 4.98 Å². The minimum absolute atomic E-state index is 0.738. The number of nitrogens with one attached hydrogen (secondary N) is 1. The number of aromatic nitrogens is 1. The van der Waals surface area contributed by atoms with Crippen LogP contribution in [0.1, 0.15) is 31.4 Å². The standard InChI is InChI=1S/C13H21N3S/c1-16-12-2-3-13(16)7-11(6-12)14-5-4-10-8-17-9-15-10/h8-9,11-14H,2-7H2,1H3. The quantitative estimate of drug-likeness (QED) is 0.886. The molecule has 2 bridgehead atoms. The van der Waals surface area contributed by atoms with Crippen molar-refractivity contribution in [2.45, 2.75) is 50.2 Å². The molecular weight excluding hydrogens is 230 g/mol. The Morgan fingerprint density at radius 3 is 2.82 bits per heavy atom. The van der Waals surface area contributed by atoms with Gasteiger partial charge in [-0.05, 0) is 32.7 Å². The van der Waals surface area contributed by atoms with Crippen LogP contribution in [0.4, 0.5) is 0 Å². The van der Waals surface area contributed by atoms with Crippen LogP contribution >= 0.6 is 11.3 Å². The molecule has 1 aromatic rings. The number of nitrogens with zero attached hydrogens (tertiary/aromatic N) is 2. The number of hydrogen-bond donors (Lipinski definition) is 1. The molecule has 4 heteroatoms. The van der Waals surface area contributed by atoms with Gasteiger partial charge in [-0.3, -0.25) is 0 Å². The summed E-state index contributed by atoms with van der Waals surface area (Å²) < 4.78 is 0. The average Bonchev–Trinajstić information content (AvgIpc) is 2.87. The number of rotatable bonds is 4. The molecule has 0 aliphatic carbocycles. The fourth-order valence-corrected chi connectivity index (χ4v) is 3.94. The van der Waals surface area contributed by atoms with E-state index >= 15 is 0 Å². The van der Waals surface area contributed by atoms with Gasteiger partial charge in [0.05, 0.1) is 11.2 Å². The Kier molecular flexibility index (Phi) is 3.45.